The smallest absolute Gasteiger partial charge is 0.264 e. The summed E-state index contributed by atoms with van der Waals surface area (Å²) in [5.74, 6) is -0.340. The number of hydrogen-bond acceptors (Lipinski definition) is 3. The molecule has 0 radical (unpaired) electrons. The molecule has 4 nitrogen and oxygen atoms in total. The topological polar surface area (TPSA) is 74.6 Å². The molecule has 0 aliphatic rings. The van der Waals surface area contributed by atoms with Gasteiger partial charge in [-0.15, -0.1) is 0 Å². The van der Waals surface area contributed by atoms with Gasteiger partial charge in [0.2, 0.25) is 0 Å². The van der Waals surface area contributed by atoms with Gasteiger partial charge >= 0.3 is 0 Å². The summed E-state index contributed by atoms with van der Waals surface area (Å²) < 4.78 is 30.1. The molecule has 0 spiro atoms. The molecule has 0 heterocycles. The lowest BCUT2D eigenvalue weighted by molar-refractivity contribution is 0.156. The Morgan fingerprint density at radius 3 is 0.872 bits per heavy atom. The van der Waals surface area contributed by atoms with Gasteiger partial charge in [-0.3, -0.25) is 4.55 Å². The van der Waals surface area contributed by atoms with Crippen LogP contribution in [0.5, 0.6) is 0 Å². The SMILES string of the molecule is CCCCCCCCCCCCCCCCCCCCCCCCCCCCCCCC(O)CCS(=O)(=O)O. The average molecular weight is 575 g/mol. The molecule has 0 rings (SSSR count). The van der Waals surface area contributed by atoms with Crippen LogP contribution in [0.25, 0.3) is 0 Å². The van der Waals surface area contributed by atoms with Crippen molar-refractivity contribution >= 4 is 10.1 Å². The Morgan fingerprint density at radius 2 is 0.641 bits per heavy atom. The number of unbranched alkanes of at least 4 members (excludes halogenated alkanes) is 28. The molecular weight excluding hydrogens is 504 g/mol. The molecule has 5 heteroatoms. The van der Waals surface area contributed by atoms with E-state index in [0.29, 0.717) is 6.42 Å². The van der Waals surface area contributed by atoms with E-state index in [1.165, 1.54) is 173 Å². The molecule has 0 aromatic heterocycles. The third-order valence-electron chi connectivity index (χ3n) is 8.35. The molecular formula is C34H70O4S. The summed E-state index contributed by atoms with van der Waals surface area (Å²) in [6.07, 6.45) is 40.4. The maximum atomic E-state index is 10.7. The minimum absolute atomic E-state index is 0.137. The van der Waals surface area contributed by atoms with E-state index in [4.69, 9.17) is 4.55 Å². The van der Waals surface area contributed by atoms with E-state index in [9.17, 15) is 13.5 Å². The standard InChI is InChI=1S/C34H70O4S/c1-2-3-4-5-6-7-8-9-10-11-12-13-14-15-16-17-18-19-20-21-22-23-24-25-26-27-28-29-30-31-34(35)32-33-39(36,37)38/h34-35H,2-33H2,1H3,(H,36,37,38). The van der Waals surface area contributed by atoms with Crippen LogP contribution in [0.3, 0.4) is 0 Å². The number of rotatable bonds is 33. The Morgan fingerprint density at radius 1 is 0.410 bits per heavy atom. The van der Waals surface area contributed by atoms with Crippen molar-refractivity contribution in [2.75, 3.05) is 5.75 Å². The van der Waals surface area contributed by atoms with E-state index in [-0.39, 0.29) is 12.2 Å². The zero-order chi connectivity index (χ0) is 28.7. The molecule has 1 unspecified atom stereocenters. The molecule has 236 valence electrons. The van der Waals surface area contributed by atoms with Crippen molar-refractivity contribution in [3.63, 3.8) is 0 Å². The third-order valence-corrected chi connectivity index (χ3v) is 9.10. The van der Waals surface area contributed by atoms with E-state index >= 15 is 0 Å². The minimum atomic E-state index is -3.95. The van der Waals surface area contributed by atoms with Gasteiger partial charge in [-0.2, -0.15) is 8.42 Å². The third kappa shape index (κ3) is 35.8. The molecule has 0 saturated heterocycles. The Kier molecular flexibility index (Phi) is 30.7. The summed E-state index contributed by atoms with van der Waals surface area (Å²) in [6.45, 7) is 2.29. The second-order valence-electron chi connectivity index (χ2n) is 12.4. The molecule has 0 aromatic rings. The first-order valence-corrected chi connectivity index (χ1v) is 19.2. The van der Waals surface area contributed by atoms with Crippen molar-refractivity contribution in [1.82, 2.24) is 0 Å². The molecule has 39 heavy (non-hydrogen) atoms. The molecule has 0 saturated carbocycles. The summed E-state index contributed by atoms with van der Waals surface area (Å²) >= 11 is 0. The van der Waals surface area contributed by atoms with E-state index in [1.807, 2.05) is 0 Å². The van der Waals surface area contributed by atoms with Crippen LogP contribution in [0, 0.1) is 0 Å². The van der Waals surface area contributed by atoms with Gasteiger partial charge in [-0.05, 0) is 12.8 Å². The molecule has 0 aliphatic carbocycles. The zero-order valence-electron chi connectivity index (χ0n) is 26.3. The highest BCUT2D eigenvalue weighted by Crippen LogP contribution is 2.17. The number of aliphatic hydroxyl groups is 1. The van der Waals surface area contributed by atoms with Gasteiger partial charge in [-0.25, -0.2) is 0 Å². The van der Waals surface area contributed by atoms with Gasteiger partial charge in [0.15, 0.2) is 0 Å². The molecule has 0 aliphatic heterocycles. The second kappa shape index (κ2) is 30.8. The Balaban J connectivity index is 3.10. The van der Waals surface area contributed by atoms with Crippen LogP contribution in [0.1, 0.15) is 206 Å². The van der Waals surface area contributed by atoms with Gasteiger partial charge in [-0.1, -0.05) is 193 Å². The maximum Gasteiger partial charge on any atom is 0.264 e. The number of aliphatic hydroxyl groups excluding tert-OH is 1. The first-order valence-electron chi connectivity index (χ1n) is 17.6. The summed E-state index contributed by atoms with van der Waals surface area (Å²) in [5.41, 5.74) is 0. The van der Waals surface area contributed by atoms with Crippen LogP contribution >= 0.6 is 0 Å². The van der Waals surface area contributed by atoms with Crippen molar-refractivity contribution < 1.29 is 18.1 Å². The molecule has 0 aromatic carbocycles. The van der Waals surface area contributed by atoms with Crippen LogP contribution in [0.15, 0.2) is 0 Å². The average Bonchev–Trinajstić information content (AvgIpc) is 2.90. The van der Waals surface area contributed by atoms with Crippen LogP contribution in [-0.4, -0.2) is 29.9 Å². The Labute approximate surface area is 245 Å². The lowest BCUT2D eigenvalue weighted by Gasteiger charge is -2.09. The van der Waals surface area contributed by atoms with E-state index in [0.717, 1.165) is 12.8 Å². The van der Waals surface area contributed by atoms with Crippen LogP contribution < -0.4 is 0 Å². The van der Waals surface area contributed by atoms with E-state index in [2.05, 4.69) is 6.92 Å². The summed E-state index contributed by atoms with van der Waals surface area (Å²) in [6, 6.07) is 0. The minimum Gasteiger partial charge on any atom is -0.393 e. The summed E-state index contributed by atoms with van der Waals surface area (Å²) in [5, 5.41) is 9.74. The zero-order valence-corrected chi connectivity index (χ0v) is 27.1. The van der Waals surface area contributed by atoms with Gasteiger partial charge in [0, 0.05) is 0 Å². The second-order valence-corrected chi connectivity index (χ2v) is 14.0. The fraction of sp³-hybridized carbons (Fsp3) is 1.00. The van der Waals surface area contributed by atoms with Gasteiger partial charge < -0.3 is 5.11 Å². The number of hydrogen-bond donors (Lipinski definition) is 2. The predicted molar refractivity (Wildman–Crippen MR) is 171 cm³/mol. The summed E-state index contributed by atoms with van der Waals surface area (Å²) in [4.78, 5) is 0. The first-order chi connectivity index (χ1) is 19.0. The van der Waals surface area contributed by atoms with Crippen LogP contribution in [0.4, 0.5) is 0 Å². The van der Waals surface area contributed by atoms with Gasteiger partial charge in [0.1, 0.15) is 0 Å². The highest BCUT2D eigenvalue weighted by atomic mass is 32.2. The molecule has 2 N–H and O–H groups in total. The van der Waals surface area contributed by atoms with Gasteiger partial charge in [0.25, 0.3) is 10.1 Å². The van der Waals surface area contributed by atoms with Crippen molar-refractivity contribution in [2.24, 2.45) is 0 Å². The largest absolute Gasteiger partial charge is 0.393 e. The van der Waals surface area contributed by atoms with Crippen LogP contribution in [-0.2, 0) is 10.1 Å². The highest BCUT2D eigenvalue weighted by molar-refractivity contribution is 7.85. The molecule has 0 amide bonds. The van der Waals surface area contributed by atoms with Crippen molar-refractivity contribution in [2.45, 2.75) is 212 Å². The maximum absolute atomic E-state index is 10.7. The summed E-state index contributed by atoms with van der Waals surface area (Å²) in [7, 11) is -3.95. The first kappa shape index (κ1) is 38.9. The van der Waals surface area contributed by atoms with Crippen molar-refractivity contribution in [3.05, 3.63) is 0 Å². The quantitative estimate of drug-likeness (QED) is 0.0603. The van der Waals surface area contributed by atoms with Crippen molar-refractivity contribution in [1.29, 1.82) is 0 Å². The molecule has 0 bridgehead atoms. The Bertz CT molecular complexity index is 564. The van der Waals surface area contributed by atoms with Gasteiger partial charge in [0.05, 0.1) is 11.9 Å². The lowest BCUT2D eigenvalue weighted by atomic mass is 10.0. The predicted octanol–water partition coefficient (Wildman–Crippen LogP) is 11.3. The Hall–Kier alpha value is -0.130. The molecule has 1 atom stereocenters. The fourth-order valence-corrected chi connectivity index (χ4v) is 6.23. The van der Waals surface area contributed by atoms with E-state index in [1.54, 1.807) is 0 Å². The van der Waals surface area contributed by atoms with E-state index < -0.39 is 16.2 Å². The highest BCUT2D eigenvalue weighted by Gasteiger charge is 2.10. The van der Waals surface area contributed by atoms with Crippen LogP contribution in [0.2, 0.25) is 0 Å². The van der Waals surface area contributed by atoms with Crippen molar-refractivity contribution in [3.8, 4) is 0 Å². The normalized spacial score (nSPS) is 12.8. The lowest BCUT2D eigenvalue weighted by Crippen LogP contribution is -2.14. The molecule has 0 fully saturated rings. The fourth-order valence-electron chi connectivity index (χ4n) is 5.66. The monoisotopic (exact) mass is 574 g/mol.